The molecule has 0 atom stereocenters. The van der Waals surface area contributed by atoms with E-state index in [0.29, 0.717) is 6.04 Å². The van der Waals surface area contributed by atoms with Crippen LogP contribution in [0, 0.1) is 6.92 Å². The lowest BCUT2D eigenvalue weighted by molar-refractivity contribution is 0.0748. The van der Waals surface area contributed by atoms with E-state index < -0.39 is 0 Å². The van der Waals surface area contributed by atoms with Crippen molar-refractivity contribution in [2.45, 2.75) is 32.2 Å². The van der Waals surface area contributed by atoms with Crippen molar-refractivity contribution in [2.75, 3.05) is 26.2 Å². The van der Waals surface area contributed by atoms with Crippen LogP contribution in [0.5, 0.6) is 0 Å². The van der Waals surface area contributed by atoms with Gasteiger partial charge < -0.3 is 9.47 Å². The predicted octanol–water partition coefficient (Wildman–Crippen LogP) is 2.04. The van der Waals surface area contributed by atoms with Gasteiger partial charge in [0.1, 0.15) is 5.69 Å². The smallest absolute Gasteiger partial charge is 0.272 e. The molecule has 25 heavy (non-hydrogen) atoms. The second-order valence-electron chi connectivity index (χ2n) is 7.30. The van der Waals surface area contributed by atoms with Gasteiger partial charge in [0.05, 0.1) is 12.0 Å². The normalized spacial score (nSPS) is 19.0. The summed E-state index contributed by atoms with van der Waals surface area (Å²) in [4.78, 5) is 21.8. The van der Waals surface area contributed by atoms with E-state index >= 15 is 0 Å². The van der Waals surface area contributed by atoms with Gasteiger partial charge in [0.2, 0.25) is 0 Å². The first-order valence-corrected chi connectivity index (χ1v) is 9.21. The fraction of sp³-hybridized carbons (Fsp3) is 0.500. The third-order valence-electron chi connectivity index (χ3n) is 5.69. The van der Waals surface area contributed by atoms with Gasteiger partial charge in [-0.25, -0.2) is 4.98 Å². The molecule has 1 aliphatic heterocycles. The van der Waals surface area contributed by atoms with E-state index in [2.05, 4.69) is 34.1 Å². The van der Waals surface area contributed by atoms with Gasteiger partial charge in [-0.1, -0.05) is 24.3 Å². The third kappa shape index (κ3) is 3.09. The Kier molecular flexibility index (Phi) is 4.34. The molecule has 1 aromatic carbocycles. The van der Waals surface area contributed by atoms with Gasteiger partial charge in [0, 0.05) is 39.3 Å². The van der Waals surface area contributed by atoms with Crippen molar-refractivity contribution in [1.29, 1.82) is 0 Å². The van der Waals surface area contributed by atoms with Crippen LogP contribution in [0.2, 0.25) is 0 Å². The van der Waals surface area contributed by atoms with Crippen molar-refractivity contribution < 1.29 is 4.79 Å². The highest BCUT2D eigenvalue weighted by atomic mass is 16.2. The maximum absolute atomic E-state index is 12.9. The Morgan fingerprint density at radius 3 is 2.44 bits per heavy atom. The van der Waals surface area contributed by atoms with Gasteiger partial charge in [0.25, 0.3) is 5.91 Å². The molecule has 5 nitrogen and oxygen atoms in total. The zero-order valence-corrected chi connectivity index (χ0v) is 15.1. The average Bonchev–Trinajstić information content (AvgIpc) is 3.08. The molecule has 2 aliphatic rings. The van der Waals surface area contributed by atoms with Crippen molar-refractivity contribution in [3.05, 3.63) is 53.1 Å². The number of carbonyl (C=O) groups excluding carboxylic acids is 1. The molecule has 2 heterocycles. The van der Waals surface area contributed by atoms with Gasteiger partial charge in [-0.15, -0.1) is 0 Å². The molecule has 1 aromatic heterocycles. The molecule has 1 amide bonds. The standard InChI is InChI=1S/C20H26N4O/c1-15-19(22(2)14-21-15)20(25)24-9-5-8-23(10-11-24)18-12-16-6-3-4-7-17(16)13-18/h3-4,6-7,14,18H,5,8-13H2,1-2H3. The van der Waals surface area contributed by atoms with E-state index in [-0.39, 0.29) is 5.91 Å². The summed E-state index contributed by atoms with van der Waals surface area (Å²) in [5.74, 6) is 0.119. The largest absolute Gasteiger partial charge is 0.336 e. The number of carbonyl (C=O) groups is 1. The second kappa shape index (κ2) is 6.64. The number of aryl methyl sites for hydroxylation is 2. The van der Waals surface area contributed by atoms with Crippen LogP contribution in [0.25, 0.3) is 0 Å². The summed E-state index contributed by atoms with van der Waals surface area (Å²) in [5, 5.41) is 0. The van der Waals surface area contributed by atoms with Crippen LogP contribution in [0.3, 0.4) is 0 Å². The van der Waals surface area contributed by atoms with Crippen LogP contribution < -0.4 is 0 Å². The van der Waals surface area contributed by atoms with Crippen molar-refractivity contribution >= 4 is 5.91 Å². The highest BCUT2D eigenvalue weighted by Crippen LogP contribution is 2.26. The molecule has 0 bridgehead atoms. The zero-order valence-electron chi connectivity index (χ0n) is 15.1. The number of rotatable bonds is 2. The zero-order chi connectivity index (χ0) is 17.4. The summed E-state index contributed by atoms with van der Waals surface area (Å²) in [6.45, 7) is 5.58. The second-order valence-corrected chi connectivity index (χ2v) is 7.30. The van der Waals surface area contributed by atoms with Crippen LogP contribution in [-0.4, -0.2) is 57.5 Å². The molecule has 0 unspecified atom stereocenters. The van der Waals surface area contributed by atoms with Gasteiger partial charge in [-0.2, -0.15) is 0 Å². The molecule has 1 saturated heterocycles. The molecule has 0 spiro atoms. The minimum atomic E-state index is 0.119. The molecule has 0 radical (unpaired) electrons. The van der Waals surface area contributed by atoms with E-state index in [1.165, 1.54) is 11.1 Å². The van der Waals surface area contributed by atoms with Crippen LogP contribution >= 0.6 is 0 Å². The first-order valence-electron chi connectivity index (χ1n) is 9.21. The number of hydrogen-bond donors (Lipinski definition) is 0. The van der Waals surface area contributed by atoms with Crippen LogP contribution in [-0.2, 0) is 19.9 Å². The van der Waals surface area contributed by atoms with E-state index in [0.717, 1.165) is 56.8 Å². The molecule has 5 heteroatoms. The Hall–Kier alpha value is -2.14. The quantitative estimate of drug-likeness (QED) is 0.841. The minimum Gasteiger partial charge on any atom is -0.336 e. The van der Waals surface area contributed by atoms with Gasteiger partial charge in [0.15, 0.2) is 0 Å². The number of fused-ring (bicyclic) bond motifs is 1. The molecule has 1 fully saturated rings. The summed E-state index contributed by atoms with van der Waals surface area (Å²) in [7, 11) is 1.90. The Labute approximate surface area is 149 Å². The van der Waals surface area contributed by atoms with Gasteiger partial charge in [-0.05, 0) is 37.3 Å². The number of amides is 1. The molecule has 2 aromatic rings. The van der Waals surface area contributed by atoms with Crippen molar-refractivity contribution in [3.63, 3.8) is 0 Å². The number of imidazole rings is 1. The number of nitrogens with zero attached hydrogens (tertiary/aromatic N) is 4. The first-order chi connectivity index (χ1) is 12.1. The topological polar surface area (TPSA) is 41.4 Å². The maximum Gasteiger partial charge on any atom is 0.272 e. The van der Waals surface area contributed by atoms with Crippen LogP contribution in [0.1, 0.15) is 33.7 Å². The van der Waals surface area contributed by atoms with E-state index in [9.17, 15) is 4.79 Å². The Bertz CT molecular complexity index is 737. The fourth-order valence-corrected chi connectivity index (χ4v) is 4.30. The maximum atomic E-state index is 12.9. The molecule has 1 aliphatic carbocycles. The molecule has 4 rings (SSSR count). The van der Waals surface area contributed by atoms with E-state index in [1.807, 2.05) is 23.4 Å². The monoisotopic (exact) mass is 338 g/mol. The van der Waals surface area contributed by atoms with Gasteiger partial charge in [-0.3, -0.25) is 9.69 Å². The SMILES string of the molecule is Cc1ncn(C)c1C(=O)N1CCCN(C2Cc3ccccc3C2)CC1. The molecule has 0 N–H and O–H groups in total. The summed E-state index contributed by atoms with van der Waals surface area (Å²) in [5.41, 5.74) is 4.53. The lowest BCUT2D eigenvalue weighted by atomic mass is 10.1. The predicted molar refractivity (Wildman–Crippen MR) is 97.7 cm³/mol. The van der Waals surface area contributed by atoms with Crippen LogP contribution in [0.15, 0.2) is 30.6 Å². The van der Waals surface area contributed by atoms with Crippen molar-refractivity contribution in [3.8, 4) is 0 Å². The Balaban J connectivity index is 1.42. The van der Waals surface area contributed by atoms with Gasteiger partial charge >= 0.3 is 0 Å². The lowest BCUT2D eigenvalue weighted by Gasteiger charge is -2.27. The summed E-state index contributed by atoms with van der Waals surface area (Å²) < 4.78 is 1.84. The Morgan fingerprint density at radius 2 is 1.80 bits per heavy atom. The van der Waals surface area contributed by atoms with Crippen molar-refractivity contribution in [1.82, 2.24) is 19.4 Å². The summed E-state index contributed by atoms with van der Waals surface area (Å²) in [6.07, 6.45) is 5.05. The van der Waals surface area contributed by atoms with E-state index in [4.69, 9.17) is 0 Å². The number of hydrogen-bond acceptors (Lipinski definition) is 3. The Morgan fingerprint density at radius 1 is 1.08 bits per heavy atom. The average molecular weight is 338 g/mol. The fourth-order valence-electron chi connectivity index (χ4n) is 4.30. The third-order valence-corrected chi connectivity index (χ3v) is 5.69. The minimum absolute atomic E-state index is 0.119. The molecule has 132 valence electrons. The molecular formula is C20H26N4O. The number of aromatic nitrogens is 2. The van der Waals surface area contributed by atoms with Crippen LogP contribution in [0.4, 0.5) is 0 Å². The lowest BCUT2D eigenvalue weighted by Crippen LogP contribution is -2.40. The number of benzene rings is 1. The summed E-state index contributed by atoms with van der Waals surface area (Å²) >= 11 is 0. The molecule has 0 saturated carbocycles. The molecular weight excluding hydrogens is 312 g/mol. The van der Waals surface area contributed by atoms with Crippen molar-refractivity contribution in [2.24, 2.45) is 7.05 Å². The van der Waals surface area contributed by atoms with E-state index in [1.54, 1.807) is 6.33 Å². The first kappa shape index (κ1) is 16.3. The highest BCUT2D eigenvalue weighted by molar-refractivity contribution is 5.93. The highest BCUT2D eigenvalue weighted by Gasteiger charge is 2.30. The summed E-state index contributed by atoms with van der Waals surface area (Å²) in [6, 6.07) is 9.38.